The van der Waals surface area contributed by atoms with Gasteiger partial charge in [0.15, 0.2) is 5.95 Å². The van der Waals surface area contributed by atoms with Crippen molar-refractivity contribution in [2.75, 3.05) is 25.4 Å². The van der Waals surface area contributed by atoms with E-state index in [1.54, 1.807) is 6.20 Å². The number of amides is 1. The van der Waals surface area contributed by atoms with Crippen LogP contribution in [0.3, 0.4) is 0 Å². The van der Waals surface area contributed by atoms with E-state index in [9.17, 15) is 10.0 Å². The molecule has 0 aliphatic carbocycles. The quantitative estimate of drug-likeness (QED) is 0.130. The Hall–Kier alpha value is -2.11. The average molecular weight is 532 g/mol. The van der Waals surface area contributed by atoms with Crippen molar-refractivity contribution in [3.8, 4) is 5.75 Å². The van der Waals surface area contributed by atoms with Crippen molar-refractivity contribution in [2.45, 2.75) is 25.7 Å². The number of imidazole rings is 1. The van der Waals surface area contributed by atoms with Gasteiger partial charge in [0, 0.05) is 18.7 Å². The number of rotatable bonds is 11. The van der Waals surface area contributed by atoms with Gasteiger partial charge in [0.1, 0.15) is 11.5 Å². The van der Waals surface area contributed by atoms with Gasteiger partial charge in [0.05, 0.1) is 21.7 Å². The Bertz CT molecular complexity index is 833. The van der Waals surface area contributed by atoms with E-state index in [-0.39, 0.29) is 12.1 Å². The minimum atomic E-state index is -0.424. The fourth-order valence-electron chi connectivity index (χ4n) is 2.55. The summed E-state index contributed by atoms with van der Waals surface area (Å²) in [6.07, 6.45) is 3.96. The molecule has 0 saturated carbocycles. The molecule has 7 N–H and O–H groups in total. The summed E-state index contributed by atoms with van der Waals surface area (Å²) in [4.78, 5) is 19.2. The van der Waals surface area contributed by atoms with Gasteiger partial charge in [0.25, 0.3) is 5.91 Å². The SMILES string of the molecule is NCCCOc1c(Br)cc(C/C(=N\O)C(=O)NCCCc2cnc(N)[nH]2)cc1Br. The molecule has 0 radical (unpaired) electrons. The Labute approximate surface area is 185 Å². The Kier molecular flexibility index (Phi) is 9.42. The summed E-state index contributed by atoms with van der Waals surface area (Å²) in [5.74, 6) is 0.604. The molecule has 11 heteroatoms. The first-order valence-electron chi connectivity index (χ1n) is 9.03. The molecule has 1 aromatic heterocycles. The zero-order valence-electron chi connectivity index (χ0n) is 15.8. The largest absolute Gasteiger partial charge is 0.491 e. The Morgan fingerprint density at radius 1 is 1.31 bits per heavy atom. The van der Waals surface area contributed by atoms with Crippen molar-refractivity contribution < 1.29 is 14.7 Å². The standard InChI is InChI=1S/C18H24Br2N6O3/c19-13-7-11(8-14(20)16(13)29-6-2-4-21)9-15(26-28)17(27)23-5-1-3-12-10-24-18(22)25-12/h7-8,10,28H,1-6,9,21H2,(H,23,27)(H3,22,24,25)/b26-15+. The molecule has 0 aliphatic heterocycles. The second-order valence-corrected chi connectivity index (χ2v) is 7.96. The zero-order valence-corrected chi connectivity index (χ0v) is 18.9. The predicted molar refractivity (Wildman–Crippen MR) is 118 cm³/mol. The van der Waals surface area contributed by atoms with Gasteiger partial charge in [-0.05, 0) is 75.4 Å². The van der Waals surface area contributed by atoms with Crippen molar-refractivity contribution in [2.24, 2.45) is 10.9 Å². The topological polar surface area (TPSA) is 152 Å². The monoisotopic (exact) mass is 530 g/mol. The number of nitrogens with zero attached hydrogens (tertiary/aromatic N) is 2. The molecule has 1 amide bonds. The molecule has 2 aromatic rings. The van der Waals surface area contributed by atoms with E-state index in [2.05, 4.69) is 52.3 Å². The number of carbonyl (C=O) groups is 1. The second-order valence-electron chi connectivity index (χ2n) is 6.26. The van der Waals surface area contributed by atoms with Gasteiger partial charge in [-0.1, -0.05) is 5.16 Å². The normalized spacial score (nSPS) is 11.5. The van der Waals surface area contributed by atoms with E-state index in [0.29, 0.717) is 44.2 Å². The van der Waals surface area contributed by atoms with Crippen molar-refractivity contribution >= 4 is 49.4 Å². The van der Waals surface area contributed by atoms with Gasteiger partial charge < -0.3 is 31.7 Å². The summed E-state index contributed by atoms with van der Waals surface area (Å²) in [5, 5.41) is 15.2. The van der Waals surface area contributed by atoms with E-state index >= 15 is 0 Å². The third-order valence-corrected chi connectivity index (χ3v) is 5.14. The maximum atomic E-state index is 12.3. The molecular formula is C18H24Br2N6O3. The molecule has 0 aliphatic rings. The molecule has 1 aromatic carbocycles. The molecule has 2 rings (SSSR count). The predicted octanol–water partition coefficient (Wildman–Crippen LogP) is 2.37. The number of aromatic amines is 1. The number of ether oxygens (including phenoxy) is 1. The lowest BCUT2D eigenvalue weighted by molar-refractivity contribution is -0.115. The van der Waals surface area contributed by atoms with E-state index in [4.69, 9.17) is 16.2 Å². The number of aryl methyl sites for hydroxylation is 1. The first-order chi connectivity index (χ1) is 13.9. The molecule has 29 heavy (non-hydrogen) atoms. The van der Waals surface area contributed by atoms with E-state index in [0.717, 1.165) is 26.6 Å². The molecule has 9 nitrogen and oxygen atoms in total. The van der Waals surface area contributed by atoms with Crippen molar-refractivity contribution in [3.05, 3.63) is 38.5 Å². The number of nitrogens with two attached hydrogens (primary N) is 2. The smallest absolute Gasteiger partial charge is 0.269 e. The number of anilines is 1. The third kappa shape index (κ3) is 7.33. The van der Waals surface area contributed by atoms with Crippen molar-refractivity contribution in [1.29, 1.82) is 0 Å². The summed E-state index contributed by atoms with van der Waals surface area (Å²) in [5.41, 5.74) is 12.7. The van der Waals surface area contributed by atoms with Crippen molar-refractivity contribution in [1.82, 2.24) is 15.3 Å². The number of nitrogens with one attached hydrogen (secondary N) is 2. The summed E-state index contributed by atoms with van der Waals surface area (Å²) < 4.78 is 7.16. The summed E-state index contributed by atoms with van der Waals surface area (Å²) in [6.45, 7) is 1.48. The molecule has 0 atom stereocenters. The average Bonchev–Trinajstić information content (AvgIpc) is 3.10. The lowest BCUT2D eigenvalue weighted by Crippen LogP contribution is -2.33. The first-order valence-corrected chi connectivity index (χ1v) is 10.6. The fraction of sp³-hybridized carbons (Fsp3) is 0.389. The second kappa shape index (κ2) is 11.8. The van der Waals surface area contributed by atoms with Crippen LogP contribution in [-0.2, 0) is 17.6 Å². The van der Waals surface area contributed by atoms with Crippen LogP contribution in [0.4, 0.5) is 5.95 Å². The van der Waals surface area contributed by atoms with E-state index in [1.807, 2.05) is 12.1 Å². The zero-order chi connectivity index (χ0) is 21.2. The van der Waals surface area contributed by atoms with Crippen LogP contribution in [0, 0.1) is 0 Å². The first kappa shape index (κ1) is 23.2. The van der Waals surface area contributed by atoms with Gasteiger partial charge in [-0.2, -0.15) is 0 Å². The molecule has 0 saturated heterocycles. The molecule has 0 spiro atoms. The number of H-pyrrole nitrogens is 1. The van der Waals surface area contributed by atoms with Crippen LogP contribution < -0.4 is 21.5 Å². The lowest BCUT2D eigenvalue weighted by atomic mass is 10.1. The molecule has 0 bridgehead atoms. The molecule has 1 heterocycles. The molecule has 0 fully saturated rings. The number of hydrogen-bond donors (Lipinski definition) is 5. The highest BCUT2D eigenvalue weighted by Gasteiger charge is 2.16. The number of benzene rings is 1. The number of nitrogen functional groups attached to an aromatic ring is 1. The van der Waals surface area contributed by atoms with Gasteiger partial charge in [-0.15, -0.1) is 0 Å². The summed E-state index contributed by atoms with van der Waals surface area (Å²) >= 11 is 6.94. The number of aromatic nitrogens is 2. The highest BCUT2D eigenvalue weighted by Crippen LogP contribution is 2.35. The van der Waals surface area contributed by atoms with Crippen LogP contribution in [0.5, 0.6) is 5.75 Å². The minimum absolute atomic E-state index is 0.0198. The summed E-state index contributed by atoms with van der Waals surface area (Å²) in [6, 6.07) is 3.65. The van der Waals surface area contributed by atoms with Crippen LogP contribution in [0.2, 0.25) is 0 Å². The maximum absolute atomic E-state index is 12.3. The van der Waals surface area contributed by atoms with Gasteiger partial charge >= 0.3 is 0 Å². The van der Waals surface area contributed by atoms with Crippen molar-refractivity contribution in [3.63, 3.8) is 0 Å². The number of oxime groups is 1. The molecule has 0 unspecified atom stereocenters. The van der Waals surface area contributed by atoms with Gasteiger partial charge in [-0.3, -0.25) is 4.79 Å². The number of halogens is 2. The highest BCUT2D eigenvalue weighted by atomic mass is 79.9. The summed E-state index contributed by atoms with van der Waals surface area (Å²) in [7, 11) is 0. The lowest BCUT2D eigenvalue weighted by Gasteiger charge is -2.12. The Morgan fingerprint density at radius 2 is 2.03 bits per heavy atom. The van der Waals surface area contributed by atoms with Crippen LogP contribution in [-0.4, -0.2) is 46.5 Å². The fourth-order valence-corrected chi connectivity index (χ4v) is 4.06. The van der Waals surface area contributed by atoms with Crippen LogP contribution >= 0.6 is 31.9 Å². The molecular weight excluding hydrogens is 508 g/mol. The maximum Gasteiger partial charge on any atom is 0.269 e. The molecule has 158 valence electrons. The van der Waals surface area contributed by atoms with E-state index < -0.39 is 5.91 Å². The minimum Gasteiger partial charge on any atom is -0.491 e. The number of carbonyl (C=O) groups excluding carboxylic acids is 1. The number of hydrogen-bond acceptors (Lipinski definition) is 7. The van der Waals surface area contributed by atoms with Crippen LogP contribution in [0.1, 0.15) is 24.1 Å². The van der Waals surface area contributed by atoms with E-state index in [1.165, 1.54) is 0 Å². The van der Waals surface area contributed by atoms with Crippen LogP contribution in [0.15, 0.2) is 32.4 Å². The Morgan fingerprint density at radius 3 is 2.62 bits per heavy atom. The Balaban J connectivity index is 1.88. The van der Waals surface area contributed by atoms with Crippen LogP contribution in [0.25, 0.3) is 0 Å². The highest BCUT2D eigenvalue weighted by molar-refractivity contribution is 9.11. The van der Waals surface area contributed by atoms with Gasteiger partial charge in [-0.25, -0.2) is 4.98 Å². The van der Waals surface area contributed by atoms with Gasteiger partial charge in [0.2, 0.25) is 0 Å². The third-order valence-electron chi connectivity index (χ3n) is 3.96.